The largest absolute Gasteiger partial charge is 0.478 e. The molecule has 0 aliphatic carbocycles. The van der Waals surface area contributed by atoms with Crippen molar-refractivity contribution in [3.63, 3.8) is 0 Å². The molecule has 130 valence electrons. The van der Waals surface area contributed by atoms with Crippen LogP contribution in [0.15, 0.2) is 53.9 Å². The minimum Gasteiger partial charge on any atom is -0.478 e. The van der Waals surface area contributed by atoms with E-state index < -0.39 is 5.97 Å². The molecule has 2 heterocycles. The molecule has 0 aliphatic rings. The van der Waals surface area contributed by atoms with E-state index in [4.69, 9.17) is 11.6 Å². The zero-order valence-electron chi connectivity index (χ0n) is 14.0. The molecule has 2 aromatic carbocycles. The van der Waals surface area contributed by atoms with Crippen molar-refractivity contribution in [1.29, 1.82) is 0 Å². The van der Waals surface area contributed by atoms with Crippen LogP contribution in [-0.2, 0) is 6.42 Å². The average Bonchev–Trinajstić information content (AvgIpc) is 3.24. The summed E-state index contributed by atoms with van der Waals surface area (Å²) < 4.78 is 0. The van der Waals surface area contributed by atoms with Gasteiger partial charge in [0.25, 0.3) is 0 Å². The monoisotopic (exact) mass is 381 g/mol. The van der Waals surface area contributed by atoms with Crippen molar-refractivity contribution in [3.05, 3.63) is 81.3 Å². The van der Waals surface area contributed by atoms with Crippen LogP contribution >= 0.6 is 22.9 Å². The molecular formula is C21H16ClNO2S. The van der Waals surface area contributed by atoms with Crippen molar-refractivity contribution in [1.82, 2.24) is 4.98 Å². The molecule has 4 rings (SSSR count). The Hall–Kier alpha value is -2.56. The SMILES string of the molecule is Cc1[nH]c2ccc(C(=O)O)cc2c1Cc1ccc(-c2cccs2)cc1Cl. The van der Waals surface area contributed by atoms with E-state index in [0.29, 0.717) is 6.42 Å². The highest BCUT2D eigenvalue weighted by Gasteiger charge is 2.14. The van der Waals surface area contributed by atoms with Gasteiger partial charge in [0.15, 0.2) is 0 Å². The molecule has 3 nitrogen and oxygen atoms in total. The van der Waals surface area contributed by atoms with Crippen LogP contribution in [0.1, 0.15) is 27.2 Å². The highest BCUT2D eigenvalue weighted by molar-refractivity contribution is 7.13. The number of aromatic carboxylic acids is 1. The van der Waals surface area contributed by atoms with Crippen molar-refractivity contribution in [3.8, 4) is 10.4 Å². The van der Waals surface area contributed by atoms with Crippen LogP contribution in [0.2, 0.25) is 5.02 Å². The number of aromatic amines is 1. The molecule has 26 heavy (non-hydrogen) atoms. The molecule has 0 unspecified atom stereocenters. The predicted octanol–water partition coefficient (Wildman–Crippen LogP) is 6.15. The smallest absolute Gasteiger partial charge is 0.335 e. The number of carbonyl (C=O) groups is 1. The van der Waals surface area contributed by atoms with E-state index in [1.165, 1.54) is 4.88 Å². The Morgan fingerprint density at radius 2 is 2.04 bits per heavy atom. The molecule has 0 radical (unpaired) electrons. The highest BCUT2D eigenvalue weighted by Crippen LogP contribution is 2.32. The van der Waals surface area contributed by atoms with Gasteiger partial charge in [0, 0.05) is 32.9 Å². The third-order valence-corrected chi connectivity index (χ3v) is 5.86. The molecule has 5 heteroatoms. The second-order valence-corrected chi connectivity index (χ2v) is 7.61. The number of rotatable bonds is 4. The van der Waals surface area contributed by atoms with E-state index in [-0.39, 0.29) is 5.56 Å². The summed E-state index contributed by atoms with van der Waals surface area (Å²) >= 11 is 8.23. The first-order chi connectivity index (χ1) is 12.5. The quantitative estimate of drug-likeness (QED) is 0.445. The van der Waals surface area contributed by atoms with Crippen molar-refractivity contribution in [2.24, 2.45) is 0 Å². The highest BCUT2D eigenvalue weighted by atomic mass is 35.5. The Kier molecular flexibility index (Phi) is 4.31. The molecule has 0 fully saturated rings. The molecule has 0 bridgehead atoms. The number of carboxylic acid groups (broad SMARTS) is 1. The van der Waals surface area contributed by atoms with E-state index in [1.807, 2.05) is 30.5 Å². The minimum absolute atomic E-state index is 0.289. The zero-order valence-corrected chi connectivity index (χ0v) is 15.6. The zero-order chi connectivity index (χ0) is 18.3. The maximum Gasteiger partial charge on any atom is 0.335 e. The molecule has 2 N–H and O–H groups in total. The Balaban J connectivity index is 1.74. The van der Waals surface area contributed by atoms with Gasteiger partial charge in [-0.05, 0) is 59.3 Å². The van der Waals surface area contributed by atoms with Crippen molar-refractivity contribution in [2.75, 3.05) is 0 Å². The lowest BCUT2D eigenvalue weighted by Crippen LogP contribution is -1.96. The van der Waals surface area contributed by atoms with Crippen LogP contribution in [0.25, 0.3) is 21.3 Å². The molecule has 2 aromatic heterocycles. The fraction of sp³-hybridized carbons (Fsp3) is 0.0952. The first-order valence-corrected chi connectivity index (χ1v) is 9.45. The lowest BCUT2D eigenvalue weighted by Gasteiger charge is -2.08. The number of aryl methyl sites for hydroxylation is 1. The van der Waals surface area contributed by atoms with Gasteiger partial charge in [-0.1, -0.05) is 29.8 Å². The topological polar surface area (TPSA) is 53.1 Å². The second-order valence-electron chi connectivity index (χ2n) is 6.25. The van der Waals surface area contributed by atoms with Crippen LogP contribution in [-0.4, -0.2) is 16.1 Å². The summed E-state index contributed by atoms with van der Waals surface area (Å²) in [4.78, 5) is 15.8. The van der Waals surface area contributed by atoms with Gasteiger partial charge in [0.2, 0.25) is 0 Å². The molecular weight excluding hydrogens is 366 g/mol. The van der Waals surface area contributed by atoms with Crippen molar-refractivity contribution >= 4 is 39.8 Å². The van der Waals surface area contributed by atoms with Crippen LogP contribution in [0, 0.1) is 6.92 Å². The Morgan fingerprint density at radius 1 is 1.19 bits per heavy atom. The van der Waals surface area contributed by atoms with Gasteiger partial charge >= 0.3 is 5.97 Å². The van der Waals surface area contributed by atoms with Gasteiger partial charge in [-0.25, -0.2) is 4.79 Å². The Bertz CT molecular complexity index is 1110. The van der Waals surface area contributed by atoms with Gasteiger partial charge in [-0.3, -0.25) is 0 Å². The standard InChI is InChI=1S/C21H16ClNO2S/c1-12-16(17-10-15(21(24)25)6-7-19(17)23-12)9-13-4-5-14(11-18(13)22)20-3-2-8-26-20/h2-8,10-11,23H,9H2,1H3,(H,24,25). The van der Waals surface area contributed by atoms with E-state index in [9.17, 15) is 9.90 Å². The van der Waals surface area contributed by atoms with Gasteiger partial charge in [0.05, 0.1) is 5.56 Å². The fourth-order valence-corrected chi connectivity index (χ4v) is 4.19. The van der Waals surface area contributed by atoms with Gasteiger partial charge < -0.3 is 10.1 Å². The van der Waals surface area contributed by atoms with E-state index >= 15 is 0 Å². The van der Waals surface area contributed by atoms with Crippen LogP contribution in [0.3, 0.4) is 0 Å². The molecule has 0 saturated heterocycles. The first kappa shape index (κ1) is 16.9. The molecule has 4 aromatic rings. The van der Waals surface area contributed by atoms with Gasteiger partial charge in [-0.15, -0.1) is 11.3 Å². The number of hydrogen-bond donors (Lipinski definition) is 2. The first-order valence-electron chi connectivity index (χ1n) is 8.20. The molecule has 0 aliphatic heterocycles. The number of aromatic nitrogens is 1. The van der Waals surface area contributed by atoms with E-state index in [2.05, 4.69) is 23.2 Å². The third-order valence-electron chi connectivity index (χ3n) is 4.59. The summed E-state index contributed by atoms with van der Waals surface area (Å²) in [6.07, 6.45) is 0.651. The maximum atomic E-state index is 11.3. The van der Waals surface area contributed by atoms with Crippen LogP contribution < -0.4 is 0 Å². The summed E-state index contributed by atoms with van der Waals surface area (Å²) in [5.41, 5.74) is 5.47. The number of hydrogen-bond acceptors (Lipinski definition) is 2. The number of nitrogens with one attached hydrogen (secondary N) is 1. The second kappa shape index (κ2) is 6.63. The number of thiophene rings is 1. The molecule has 0 atom stereocenters. The number of fused-ring (bicyclic) bond motifs is 1. The third kappa shape index (κ3) is 3.02. The molecule has 0 saturated carbocycles. The molecule has 0 amide bonds. The predicted molar refractivity (Wildman–Crippen MR) is 108 cm³/mol. The van der Waals surface area contributed by atoms with E-state index in [1.54, 1.807) is 23.5 Å². The number of halogens is 1. The summed E-state index contributed by atoms with van der Waals surface area (Å²) in [7, 11) is 0. The molecule has 0 spiro atoms. The normalized spacial score (nSPS) is 11.2. The van der Waals surface area contributed by atoms with Gasteiger partial charge in [-0.2, -0.15) is 0 Å². The average molecular weight is 382 g/mol. The number of benzene rings is 2. The number of H-pyrrole nitrogens is 1. The van der Waals surface area contributed by atoms with Crippen molar-refractivity contribution in [2.45, 2.75) is 13.3 Å². The maximum absolute atomic E-state index is 11.3. The lowest BCUT2D eigenvalue weighted by atomic mass is 9.99. The summed E-state index contributed by atoms with van der Waals surface area (Å²) in [5, 5.41) is 13.0. The van der Waals surface area contributed by atoms with E-state index in [0.717, 1.165) is 38.3 Å². The Labute approximate surface area is 159 Å². The lowest BCUT2D eigenvalue weighted by molar-refractivity contribution is 0.0697. The summed E-state index contributed by atoms with van der Waals surface area (Å²) in [6, 6.07) is 15.4. The fourth-order valence-electron chi connectivity index (χ4n) is 3.22. The Morgan fingerprint density at radius 3 is 2.73 bits per heavy atom. The van der Waals surface area contributed by atoms with Gasteiger partial charge in [0.1, 0.15) is 0 Å². The van der Waals surface area contributed by atoms with Crippen molar-refractivity contribution < 1.29 is 9.90 Å². The summed E-state index contributed by atoms with van der Waals surface area (Å²) in [6.45, 7) is 2.00. The minimum atomic E-state index is -0.921. The van der Waals surface area contributed by atoms with Crippen LogP contribution in [0.5, 0.6) is 0 Å². The summed E-state index contributed by atoms with van der Waals surface area (Å²) in [5.74, 6) is -0.921. The van der Waals surface area contributed by atoms with Crippen LogP contribution in [0.4, 0.5) is 0 Å². The number of carboxylic acids is 1.